The molecule has 2 aromatic rings. The summed E-state index contributed by atoms with van der Waals surface area (Å²) in [5.41, 5.74) is 1.80. The lowest BCUT2D eigenvalue weighted by molar-refractivity contribution is 0.541. The Balaban J connectivity index is 1.97. The van der Waals surface area contributed by atoms with Crippen molar-refractivity contribution in [1.82, 2.24) is 14.8 Å². The molecule has 0 aliphatic rings. The first-order valence-corrected chi connectivity index (χ1v) is 7.90. The van der Waals surface area contributed by atoms with Crippen molar-refractivity contribution in [2.24, 2.45) is 0 Å². The number of anilines is 1. The molecule has 0 spiro atoms. The lowest BCUT2D eigenvalue weighted by atomic mass is 10.2. The highest BCUT2D eigenvalue weighted by Gasteiger charge is 2.08. The molecular weight excluding hydrogens is 332 g/mol. The molecule has 2 rings (SSSR count). The van der Waals surface area contributed by atoms with Crippen LogP contribution in [0.2, 0.25) is 0 Å². The number of aryl methyl sites for hydroxylation is 1. The first kappa shape index (κ1) is 15.7. The van der Waals surface area contributed by atoms with Crippen molar-refractivity contribution in [3.05, 3.63) is 51.1 Å². The molecule has 0 bridgehead atoms. The average molecular weight is 351 g/mol. The molecule has 0 radical (unpaired) electrons. The summed E-state index contributed by atoms with van der Waals surface area (Å²) < 4.78 is 2.04. The number of nitrogens with zero attached hydrogens (tertiary/aromatic N) is 3. The minimum absolute atomic E-state index is 0.0881. The molecular formula is C15H19BrN4O. The monoisotopic (exact) mass is 350 g/mol. The van der Waals surface area contributed by atoms with E-state index in [1.54, 1.807) is 12.4 Å². The van der Waals surface area contributed by atoms with E-state index in [0.717, 1.165) is 37.1 Å². The van der Waals surface area contributed by atoms with E-state index < -0.39 is 0 Å². The zero-order valence-electron chi connectivity index (χ0n) is 12.1. The lowest BCUT2D eigenvalue weighted by Crippen LogP contribution is -2.24. The highest BCUT2D eigenvalue weighted by Crippen LogP contribution is 2.16. The summed E-state index contributed by atoms with van der Waals surface area (Å²) in [5.74, 6) is 0. The third-order valence-electron chi connectivity index (χ3n) is 3.16. The van der Waals surface area contributed by atoms with Crippen LogP contribution in [0.1, 0.15) is 25.3 Å². The summed E-state index contributed by atoms with van der Waals surface area (Å²) in [6.45, 7) is 3.47. The molecule has 5 nitrogen and oxygen atoms in total. The number of aromatic nitrogens is 3. The molecule has 6 heteroatoms. The maximum atomic E-state index is 12.1. The van der Waals surface area contributed by atoms with Gasteiger partial charge in [0.05, 0.1) is 11.9 Å². The van der Waals surface area contributed by atoms with Crippen molar-refractivity contribution in [3.8, 4) is 0 Å². The molecule has 0 aromatic carbocycles. The second-order valence-corrected chi connectivity index (χ2v) is 5.59. The number of hydrogen-bond acceptors (Lipinski definition) is 4. The molecule has 0 fully saturated rings. The van der Waals surface area contributed by atoms with Crippen LogP contribution in [-0.4, -0.2) is 21.3 Å². The molecule has 0 aliphatic carbocycles. The number of hydrogen-bond donors (Lipinski definition) is 1. The average Bonchev–Trinajstić information content (AvgIpc) is 2.52. The zero-order chi connectivity index (χ0) is 15.1. The molecule has 21 heavy (non-hydrogen) atoms. The van der Waals surface area contributed by atoms with Gasteiger partial charge in [-0.3, -0.25) is 9.78 Å². The van der Waals surface area contributed by atoms with Crippen molar-refractivity contribution >= 4 is 21.6 Å². The molecule has 2 aromatic heterocycles. The predicted octanol–water partition coefficient (Wildman–Crippen LogP) is 2.86. The fourth-order valence-corrected chi connectivity index (χ4v) is 2.39. The van der Waals surface area contributed by atoms with Crippen molar-refractivity contribution in [1.29, 1.82) is 0 Å². The van der Waals surface area contributed by atoms with Gasteiger partial charge in [-0.1, -0.05) is 19.4 Å². The van der Waals surface area contributed by atoms with Crippen LogP contribution >= 0.6 is 15.9 Å². The molecule has 0 aliphatic heterocycles. The van der Waals surface area contributed by atoms with Crippen LogP contribution in [0.3, 0.4) is 0 Å². The van der Waals surface area contributed by atoms with Gasteiger partial charge in [-0.2, -0.15) is 5.10 Å². The summed E-state index contributed by atoms with van der Waals surface area (Å²) in [6.07, 6.45) is 8.14. The Kier molecular flexibility index (Phi) is 5.92. The van der Waals surface area contributed by atoms with E-state index in [4.69, 9.17) is 0 Å². The summed E-state index contributed by atoms with van der Waals surface area (Å²) in [6, 6.07) is 3.95. The third-order valence-corrected chi connectivity index (χ3v) is 3.93. The third kappa shape index (κ3) is 4.39. The van der Waals surface area contributed by atoms with Gasteiger partial charge >= 0.3 is 0 Å². The molecule has 112 valence electrons. The maximum Gasteiger partial charge on any atom is 0.283 e. The summed E-state index contributed by atoms with van der Waals surface area (Å²) in [5, 5.41) is 7.44. The lowest BCUT2D eigenvalue weighted by Gasteiger charge is -2.10. The second kappa shape index (κ2) is 7.93. The number of rotatable bonds is 7. The molecule has 0 atom stereocenters. The maximum absolute atomic E-state index is 12.1. The second-order valence-electron chi connectivity index (χ2n) is 4.79. The van der Waals surface area contributed by atoms with E-state index in [1.807, 2.05) is 18.3 Å². The number of unbranched alkanes of at least 4 members (excludes halogenated alkanes) is 1. The Hall–Kier alpha value is -1.69. The van der Waals surface area contributed by atoms with E-state index >= 15 is 0 Å². The van der Waals surface area contributed by atoms with Crippen molar-refractivity contribution in [2.75, 3.05) is 11.9 Å². The van der Waals surface area contributed by atoms with Gasteiger partial charge < -0.3 is 5.32 Å². The fourth-order valence-electron chi connectivity index (χ4n) is 1.94. The van der Waals surface area contributed by atoms with Gasteiger partial charge in [-0.15, -0.1) is 0 Å². The Bertz CT molecular complexity index is 627. The van der Waals surface area contributed by atoms with Gasteiger partial charge in [0.1, 0.15) is 4.47 Å². The van der Waals surface area contributed by atoms with E-state index in [9.17, 15) is 4.79 Å². The van der Waals surface area contributed by atoms with Gasteiger partial charge in [0, 0.05) is 25.5 Å². The normalized spacial score (nSPS) is 10.6. The standard InChI is InChI=1S/C15H19BrN4O/c1-2-3-9-20-15(21)14(16)13(11-19-20)18-8-6-12-5-4-7-17-10-12/h4-5,7,10-11,18H,2-3,6,8-9H2,1H3. The van der Waals surface area contributed by atoms with Crippen LogP contribution in [0.5, 0.6) is 0 Å². The number of pyridine rings is 1. The number of halogens is 1. The van der Waals surface area contributed by atoms with E-state index in [2.05, 4.69) is 38.3 Å². The Morgan fingerprint density at radius 1 is 1.38 bits per heavy atom. The van der Waals surface area contributed by atoms with Crippen LogP contribution in [0.4, 0.5) is 5.69 Å². The van der Waals surface area contributed by atoms with Crippen LogP contribution in [0, 0.1) is 0 Å². The molecule has 0 amide bonds. The smallest absolute Gasteiger partial charge is 0.283 e. The highest BCUT2D eigenvalue weighted by molar-refractivity contribution is 9.10. The van der Waals surface area contributed by atoms with Crippen LogP contribution in [0.15, 0.2) is 40.0 Å². The Morgan fingerprint density at radius 3 is 2.95 bits per heavy atom. The zero-order valence-corrected chi connectivity index (χ0v) is 13.6. The Morgan fingerprint density at radius 2 is 2.24 bits per heavy atom. The molecule has 0 saturated carbocycles. The quantitative estimate of drug-likeness (QED) is 0.833. The molecule has 2 heterocycles. The first-order chi connectivity index (χ1) is 10.2. The molecule has 0 saturated heterocycles. The molecule has 0 unspecified atom stereocenters. The van der Waals surface area contributed by atoms with Gasteiger partial charge in [0.25, 0.3) is 5.56 Å². The van der Waals surface area contributed by atoms with Gasteiger partial charge in [0.2, 0.25) is 0 Å². The summed E-state index contributed by atoms with van der Waals surface area (Å²) in [7, 11) is 0. The largest absolute Gasteiger partial charge is 0.382 e. The highest BCUT2D eigenvalue weighted by atomic mass is 79.9. The fraction of sp³-hybridized carbons (Fsp3) is 0.400. The molecule has 1 N–H and O–H groups in total. The topological polar surface area (TPSA) is 59.8 Å². The van der Waals surface area contributed by atoms with Gasteiger partial charge in [-0.05, 0) is 40.4 Å². The minimum atomic E-state index is -0.0881. The minimum Gasteiger partial charge on any atom is -0.382 e. The van der Waals surface area contributed by atoms with E-state index in [0.29, 0.717) is 11.0 Å². The predicted molar refractivity (Wildman–Crippen MR) is 87.5 cm³/mol. The first-order valence-electron chi connectivity index (χ1n) is 7.10. The van der Waals surface area contributed by atoms with Crippen LogP contribution in [0.25, 0.3) is 0 Å². The van der Waals surface area contributed by atoms with Gasteiger partial charge in [0.15, 0.2) is 0 Å². The summed E-state index contributed by atoms with van der Waals surface area (Å²) in [4.78, 5) is 16.2. The summed E-state index contributed by atoms with van der Waals surface area (Å²) >= 11 is 3.36. The van der Waals surface area contributed by atoms with Crippen molar-refractivity contribution < 1.29 is 0 Å². The van der Waals surface area contributed by atoms with Crippen molar-refractivity contribution in [2.45, 2.75) is 32.7 Å². The van der Waals surface area contributed by atoms with Crippen LogP contribution < -0.4 is 10.9 Å². The van der Waals surface area contributed by atoms with Crippen molar-refractivity contribution in [3.63, 3.8) is 0 Å². The van der Waals surface area contributed by atoms with Crippen LogP contribution in [-0.2, 0) is 13.0 Å². The van der Waals surface area contributed by atoms with Gasteiger partial charge in [-0.25, -0.2) is 4.68 Å². The number of nitrogens with one attached hydrogen (secondary N) is 1. The SMILES string of the molecule is CCCCn1ncc(NCCc2cccnc2)c(Br)c1=O. The van der Waals surface area contributed by atoms with E-state index in [1.165, 1.54) is 4.68 Å². The Labute approximate surface area is 132 Å². The van der Waals surface area contributed by atoms with E-state index in [-0.39, 0.29) is 5.56 Å².